The van der Waals surface area contributed by atoms with Crippen molar-refractivity contribution in [1.29, 1.82) is 0 Å². The number of halogens is 2. The van der Waals surface area contributed by atoms with E-state index in [0.29, 0.717) is 16.6 Å². The molecule has 2 rings (SSSR count). The van der Waals surface area contributed by atoms with E-state index in [1.54, 1.807) is 17.0 Å². The zero-order chi connectivity index (χ0) is 14.7. The van der Waals surface area contributed by atoms with Crippen molar-refractivity contribution in [2.75, 3.05) is 13.2 Å². The first-order valence-corrected chi connectivity index (χ1v) is 7.41. The third kappa shape index (κ3) is 3.37. The summed E-state index contributed by atoms with van der Waals surface area (Å²) in [5, 5.41) is 13.1. The Bertz CT molecular complexity index is 496. The number of amides is 2. The van der Waals surface area contributed by atoms with Crippen LogP contribution in [0.5, 0.6) is 0 Å². The number of nitrogens with one attached hydrogen (secondary N) is 1. The van der Waals surface area contributed by atoms with Crippen LogP contribution in [-0.2, 0) is 0 Å². The summed E-state index contributed by atoms with van der Waals surface area (Å²) in [6, 6.07) is 4.91. The molecule has 0 radical (unpaired) electrons. The molecule has 1 saturated heterocycles. The van der Waals surface area contributed by atoms with Gasteiger partial charge >= 0.3 is 6.03 Å². The highest BCUT2D eigenvalue weighted by Crippen LogP contribution is 2.26. The Morgan fingerprint density at radius 2 is 2.25 bits per heavy atom. The first-order chi connectivity index (χ1) is 9.52. The molecular weight excluding hydrogens is 299 g/mol. The quantitative estimate of drug-likeness (QED) is 0.899. The third-order valence-corrected chi connectivity index (χ3v) is 4.37. The standard InChI is InChI=1S/C14H18Cl2N2O2/c1-9(10-4-5-12(15)13(16)7-10)17-14(20)18-6-2-3-11(18)8-19/h4-5,7,9,11,19H,2-3,6,8H2,1H3,(H,17,20)/t9?,11-/m0/s1. The van der Waals surface area contributed by atoms with Crippen molar-refractivity contribution in [3.63, 3.8) is 0 Å². The summed E-state index contributed by atoms with van der Waals surface area (Å²) in [6.07, 6.45) is 1.78. The van der Waals surface area contributed by atoms with E-state index in [1.807, 2.05) is 13.0 Å². The van der Waals surface area contributed by atoms with Gasteiger partial charge < -0.3 is 15.3 Å². The molecule has 0 bridgehead atoms. The van der Waals surface area contributed by atoms with Gasteiger partial charge in [0.05, 0.1) is 28.7 Å². The van der Waals surface area contributed by atoms with E-state index in [-0.39, 0.29) is 24.7 Å². The summed E-state index contributed by atoms with van der Waals surface area (Å²) in [6.45, 7) is 2.58. The Hall–Kier alpha value is -0.970. The van der Waals surface area contributed by atoms with E-state index in [4.69, 9.17) is 23.2 Å². The molecular formula is C14H18Cl2N2O2. The second kappa shape index (κ2) is 6.66. The molecule has 2 atom stereocenters. The topological polar surface area (TPSA) is 52.6 Å². The molecule has 1 aliphatic heterocycles. The minimum absolute atomic E-state index is 0.00851. The number of nitrogens with zero attached hydrogens (tertiary/aromatic N) is 1. The van der Waals surface area contributed by atoms with Gasteiger partial charge in [-0.15, -0.1) is 0 Å². The number of urea groups is 1. The molecule has 0 aromatic heterocycles. The Balaban J connectivity index is 2.01. The smallest absolute Gasteiger partial charge is 0.318 e. The fraction of sp³-hybridized carbons (Fsp3) is 0.500. The van der Waals surface area contributed by atoms with Crippen LogP contribution in [0.1, 0.15) is 31.4 Å². The highest BCUT2D eigenvalue weighted by molar-refractivity contribution is 6.42. The molecule has 0 spiro atoms. The molecule has 1 aromatic carbocycles. The largest absolute Gasteiger partial charge is 0.394 e. The van der Waals surface area contributed by atoms with Gasteiger partial charge in [-0.05, 0) is 37.5 Å². The van der Waals surface area contributed by atoms with Gasteiger partial charge in [-0.2, -0.15) is 0 Å². The van der Waals surface area contributed by atoms with Crippen LogP contribution in [0, 0.1) is 0 Å². The average molecular weight is 317 g/mol. The lowest BCUT2D eigenvalue weighted by molar-refractivity contribution is 0.155. The number of aliphatic hydroxyl groups excluding tert-OH is 1. The molecule has 4 nitrogen and oxygen atoms in total. The minimum Gasteiger partial charge on any atom is -0.394 e. The predicted molar refractivity (Wildman–Crippen MR) is 80.2 cm³/mol. The number of benzene rings is 1. The average Bonchev–Trinajstić information content (AvgIpc) is 2.90. The highest BCUT2D eigenvalue weighted by Gasteiger charge is 2.28. The van der Waals surface area contributed by atoms with Gasteiger partial charge in [0.2, 0.25) is 0 Å². The molecule has 0 aliphatic carbocycles. The van der Waals surface area contributed by atoms with Gasteiger partial charge in [0, 0.05) is 6.54 Å². The van der Waals surface area contributed by atoms with E-state index in [2.05, 4.69) is 5.32 Å². The van der Waals surface area contributed by atoms with Crippen molar-refractivity contribution < 1.29 is 9.90 Å². The Morgan fingerprint density at radius 1 is 1.50 bits per heavy atom. The molecule has 1 unspecified atom stereocenters. The first kappa shape index (κ1) is 15.4. The van der Waals surface area contributed by atoms with Crippen LogP contribution in [0.3, 0.4) is 0 Å². The summed E-state index contributed by atoms with van der Waals surface area (Å²) in [5.74, 6) is 0. The second-order valence-electron chi connectivity index (χ2n) is 5.02. The third-order valence-electron chi connectivity index (χ3n) is 3.63. The van der Waals surface area contributed by atoms with Crippen molar-refractivity contribution in [2.45, 2.75) is 31.8 Å². The van der Waals surface area contributed by atoms with Crippen LogP contribution in [0.25, 0.3) is 0 Å². The normalized spacial score (nSPS) is 20.0. The van der Waals surface area contributed by atoms with Crippen LogP contribution in [-0.4, -0.2) is 35.2 Å². The van der Waals surface area contributed by atoms with Crippen molar-refractivity contribution >= 4 is 29.2 Å². The van der Waals surface area contributed by atoms with Crippen molar-refractivity contribution in [1.82, 2.24) is 10.2 Å². The van der Waals surface area contributed by atoms with Crippen molar-refractivity contribution in [3.05, 3.63) is 33.8 Å². The lowest BCUT2D eigenvalue weighted by Crippen LogP contribution is -2.44. The number of hydrogen-bond acceptors (Lipinski definition) is 2. The Labute approximate surface area is 128 Å². The van der Waals surface area contributed by atoms with Gasteiger partial charge in [0.25, 0.3) is 0 Å². The van der Waals surface area contributed by atoms with E-state index < -0.39 is 0 Å². The molecule has 20 heavy (non-hydrogen) atoms. The first-order valence-electron chi connectivity index (χ1n) is 6.66. The van der Waals surface area contributed by atoms with Crippen molar-refractivity contribution in [2.24, 2.45) is 0 Å². The zero-order valence-corrected chi connectivity index (χ0v) is 12.8. The fourth-order valence-electron chi connectivity index (χ4n) is 2.43. The monoisotopic (exact) mass is 316 g/mol. The fourth-order valence-corrected chi connectivity index (χ4v) is 2.73. The van der Waals surface area contributed by atoms with Crippen LogP contribution < -0.4 is 5.32 Å². The number of carbonyl (C=O) groups excluding carboxylic acids is 1. The SMILES string of the molecule is CC(NC(=O)N1CCC[C@H]1CO)c1ccc(Cl)c(Cl)c1. The molecule has 2 N–H and O–H groups in total. The summed E-state index contributed by atoms with van der Waals surface area (Å²) in [5.41, 5.74) is 0.896. The van der Waals surface area contributed by atoms with Gasteiger partial charge in [-0.3, -0.25) is 0 Å². The summed E-state index contributed by atoms with van der Waals surface area (Å²) < 4.78 is 0. The molecule has 1 heterocycles. The minimum atomic E-state index is -0.169. The van der Waals surface area contributed by atoms with Crippen LogP contribution in [0.15, 0.2) is 18.2 Å². The van der Waals surface area contributed by atoms with Crippen LogP contribution >= 0.6 is 23.2 Å². The Kier molecular flexibility index (Phi) is 5.13. The zero-order valence-electron chi connectivity index (χ0n) is 11.3. The van der Waals surface area contributed by atoms with Crippen LogP contribution in [0.2, 0.25) is 10.0 Å². The molecule has 110 valence electrons. The maximum atomic E-state index is 12.2. The number of aliphatic hydroxyl groups is 1. The Morgan fingerprint density at radius 3 is 2.90 bits per heavy atom. The maximum Gasteiger partial charge on any atom is 0.318 e. The summed E-state index contributed by atoms with van der Waals surface area (Å²) in [7, 11) is 0. The lowest BCUT2D eigenvalue weighted by atomic mass is 10.1. The van der Waals surface area contributed by atoms with E-state index in [1.165, 1.54) is 0 Å². The molecule has 1 aliphatic rings. The number of likely N-dealkylation sites (tertiary alicyclic amines) is 1. The summed E-state index contributed by atoms with van der Waals surface area (Å²) in [4.78, 5) is 13.9. The van der Waals surface area contributed by atoms with Crippen LogP contribution in [0.4, 0.5) is 4.79 Å². The molecule has 1 fully saturated rings. The van der Waals surface area contributed by atoms with Crippen molar-refractivity contribution in [3.8, 4) is 0 Å². The molecule has 6 heteroatoms. The molecule has 1 aromatic rings. The van der Waals surface area contributed by atoms with Gasteiger partial charge in [-0.25, -0.2) is 4.79 Å². The van der Waals surface area contributed by atoms with E-state index >= 15 is 0 Å². The number of hydrogen-bond donors (Lipinski definition) is 2. The van der Waals surface area contributed by atoms with Gasteiger partial charge in [0.15, 0.2) is 0 Å². The summed E-state index contributed by atoms with van der Waals surface area (Å²) >= 11 is 11.9. The maximum absolute atomic E-state index is 12.2. The second-order valence-corrected chi connectivity index (χ2v) is 5.83. The highest BCUT2D eigenvalue weighted by atomic mass is 35.5. The van der Waals surface area contributed by atoms with E-state index in [0.717, 1.165) is 18.4 Å². The van der Waals surface area contributed by atoms with Gasteiger partial charge in [-0.1, -0.05) is 29.3 Å². The molecule has 2 amide bonds. The van der Waals surface area contributed by atoms with E-state index in [9.17, 15) is 9.90 Å². The molecule has 0 saturated carbocycles. The van der Waals surface area contributed by atoms with Gasteiger partial charge in [0.1, 0.15) is 0 Å². The number of rotatable bonds is 3. The predicted octanol–water partition coefficient (Wildman–Crippen LogP) is 3.22. The lowest BCUT2D eigenvalue weighted by Gasteiger charge is -2.25. The number of carbonyl (C=O) groups is 1.